The summed E-state index contributed by atoms with van der Waals surface area (Å²) in [6, 6.07) is 2.48. The largest absolute Gasteiger partial charge is 0.359 e. The molecule has 1 heterocycles. The van der Waals surface area contributed by atoms with Crippen LogP contribution in [0.2, 0.25) is 0 Å². The number of hydrogen-bond donors (Lipinski definition) is 1. The second-order valence-corrected chi connectivity index (χ2v) is 2.87. The molecule has 1 fully saturated rings. The molecule has 2 nitrogen and oxygen atoms in total. The maximum Gasteiger partial charge on any atom is 0.0245 e. The van der Waals surface area contributed by atoms with Crippen molar-refractivity contribution in [3.63, 3.8) is 0 Å². The highest BCUT2D eigenvalue weighted by Gasteiger charge is 2.13. The highest BCUT2D eigenvalue weighted by atomic mass is 15.1. The van der Waals surface area contributed by atoms with E-state index in [9.17, 15) is 0 Å². The van der Waals surface area contributed by atoms with E-state index in [1.165, 1.54) is 25.9 Å². The number of nitrogens with two attached hydrogens (primary N) is 1. The summed E-state index contributed by atoms with van der Waals surface area (Å²) in [5, 5.41) is 0. The average molecular weight is 138 g/mol. The minimum Gasteiger partial charge on any atom is -0.359 e. The number of hydrogen-bond acceptors (Lipinski definition) is 2. The molecule has 56 valence electrons. The molecule has 2 heteroatoms. The molecule has 1 saturated heterocycles. The molecule has 1 rings (SSSR count). The highest BCUT2D eigenvalue weighted by Crippen LogP contribution is 2.13. The van der Waals surface area contributed by atoms with E-state index in [0.29, 0.717) is 5.92 Å². The van der Waals surface area contributed by atoms with Crippen LogP contribution in [0.5, 0.6) is 0 Å². The summed E-state index contributed by atoms with van der Waals surface area (Å²) in [7, 11) is 2.14. The third kappa shape index (κ3) is 1.93. The zero-order valence-corrected chi connectivity index (χ0v) is 6.43. The maximum absolute atomic E-state index is 5.12. The predicted molar refractivity (Wildman–Crippen MR) is 42.2 cm³/mol. The molecule has 0 aromatic carbocycles. The number of piperidine rings is 1. The molecule has 0 aromatic heterocycles. The lowest BCUT2D eigenvalue weighted by Gasteiger charge is -2.25. The molecule has 0 aliphatic carbocycles. The van der Waals surface area contributed by atoms with Crippen molar-refractivity contribution in [3.8, 4) is 12.0 Å². The van der Waals surface area contributed by atoms with Gasteiger partial charge in [-0.05, 0) is 33.0 Å². The van der Waals surface area contributed by atoms with Crippen molar-refractivity contribution in [2.24, 2.45) is 11.7 Å². The van der Waals surface area contributed by atoms with Crippen LogP contribution >= 0.6 is 0 Å². The van der Waals surface area contributed by atoms with Crippen molar-refractivity contribution >= 4 is 0 Å². The number of nitrogens with zero attached hydrogens (tertiary/aromatic N) is 1. The summed E-state index contributed by atoms with van der Waals surface area (Å²) < 4.78 is 0. The van der Waals surface area contributed by atoms with Crippen LogP contribution in [0.1, 0.15) is 12.8 Å². The van der Waals surface area contributed by atoms with Crippen molar-refractivity contribution in [1.82, 2.24) is 4.90 Å². The van der Waals surface area contributed by atoms with Gasteiger partial charge < -0.3 is 10.6 Å². The third-order valence-corrected chi connectivity index (χ3v) is 2.01. The van der Waals surface area contributed by atoms with Crippen LogP contribution in [0.15, 0.2) is 0 Å². The molecule has 0 spiro atoms. The highest BCUT2D eigenvalue weighted by molar-refractivity contribution is 5.01. The quantitative estimate of drug-likeness (QED) is 0.384. The van der Waals surface area contributed by atoms with Gasteiger partial charge in [0.15, 0.2) is 0 Å². The first-order valence-electron chi connectivity index (χ1n) is 3.72. The zero-order chi connectivity index (χ0) is 7.40. The van der Waals surface area contributed by atoms with Gasteiger partial charge >= 0.3 is 0 Å². The van der Waals surface area contributed by atoms with E-state index in [1.807, 2.05) is 0 Å². The first kappa shape index (κ1) is 7.43. The second kappa shape index (κ2) is 3.48. The van der Waals surface area contributed by atoms with Crippen molar-refractivity contribution in [2.75, 3.05) is 20.1 Å². The first-order valence-corrected chi connectivity index (χ1v) is 3.72. The van der Waals surface area contributed by atoms with Crippen molar-refractivity contribution in [3.05, 3.63) is 0 Å². The molecule has 0 unspecified atom stereocenters. The molecule has 1 aliphatic heterocycles. The minimum absolute atomic E-state index is 0.557. The lowest BCUT2D eigenvalue weighted by atomic mass is 9.98. The van der Waals surface area contributed by atoms with E-state index in [2.05, 4.69) is 23.9 Å². The summed E-state index contributed by atoms with van der Waals surface area (Å²) in [6.45, 7) is 2.33. The van der Waals surface area contributed by atoms with Crippen molar-refractivity contribution < 1.29 is 0 Å². The van der Waals surface area contributed by atoms with Crippen LogP contribution < -0.4 is 5.73 Å². The van der Waals surface area contributed by atoms with Crippen LogP contribution in [0.4, 0.5) is 0 Å². The predicted octanol–water partition coefficient (Wildman–Crippen LogP) is 0.248. The standard InChI is InChI=1S/C8H14N2/c1-10-6-3-8(2-5-9)4-7-10/h8H,3-4,6-7,9H2,1H3. The molecule has 0 aromatic rings. The van der Waals surface area contributed by atoms with Gasteiger partial charge in [-0.1, -0.05) is 5.92 Å². The summed E-state index contributed by atoms with van der Waals surface area (Å²) in [4.78, 5) is 2.33. The topological polar surface area (TPSA) is 29.3 Å². The Hall–Kier alpha value is -0.680. The minimum atomic E-state index is 0.557. The van der Waals surface area contributed by atoms with E-state index >= 15 is 0 Å². The lowest BCUT2D eigenvalue weighted by Crippen LogP contribution is -2.29. The zero-order valence-electron chi connectivity index (χ0n) is 6.43. The lowest BCUT2D eigenvalue weighted by molar-refractivity contribution is 0.248. The second-order valence-electron chi connectivity index (χ2n) is 2.87. The van der Waals surface area contributed by atoms with Crippen LogP contribution in [0.25, 0.3) is 0 Å². The van der Waals surface area contributed by atoms with E-state index in [0.717, 1.165) is 0 Å². The van der Waals surface area contributed by atoms with Gasteiger partial charge in [0.2, 0.25) is 0 Å². The smallest absolute Gasteiger partial charge is 0.0245 e. The van der Waals surface area contributed by atoms with Crippen LogP contribution in [-0.2, 0) is 0 Å². The molecule has 0 amide bonds. The molecular weight excluding hydrogens is 124 g/mol. The summed E-state index contributed by atoms with van der Waals surface area (Å²) in [5.74, 6) is 3.56. The fraction of sp³-hybridized carbons (Fsp3) is 0.750. The molecule has 0 saturated carbocycles. The molecule has 1 aliphatic rings. The Kier molecular flexibility index (Phi) is 2.58. The van der Waals surface area contributed by atoms with E-state index in [1.54, 1.807) is 0 Å². The summed E-state index contributed by atoms with van der Waals surface area (Å²) in [5.41, 5.74) is 5.12. The van der Waals surface area contributed by atoms with Gasteiger partial charge in [0, 0.05) is 12.0 Å². The maximum atomic E-state index is 5.12. The fourth-order valence-electron chi connectivity index (χ4n) is 1.27. The van der Waals surface area contributed by atoms with Gasteiger partial charge in [-0.25, -0.2) is 0 Å². The Bertz CT molecular complexity index is 146. The number of likely N-dealkylation sites (tertiary alicyclic amines) is 1. The van der Waals surface area contributed by atoms with E-state index in [-0.39, 0.29) is 0 Å². The van der Waals surface area contributed by atoms with Gasteiger partial charge in [-0.2, -0.15) is 0 Å². The van der Waals surface area contributed by atoms with Crippen LogP contribution in [0.3, 0.4) is 0 Å². The molecule has 0 atom stereocenters. The van der Waals surface area contributed by atoms with Crippen LogP contribution in [-0.4, -0.2) is 25.0 Å². The van der Waals surface area contributed by atoms with Crippen molar-refractivity contribution in [1.29, 1.82) is 0 Å². The van der Waals surface area contributed by atoms with Gasteiger partial charge in [0.05, 0.1) is 0 Å². The Balaban J connectivity index is 2.30. The Morgan fingerprint density at radius 2 is 2.00 bits per heavy atom. The van der Waals surface area contributed by atoms with Crippen LogP contribution in [0, 0.1) is 17.9 Å². The summed E-state index contributed by atoms with van der Waals surface area (Å²) in [6.07, 6.45) is 2.36. The Morgan fingerprint density at radius 3 is 2.50 bits per heavy atom. The molecule has 2 N–H and O–H groups in total. The molecular formula is C8H14N2. The normalized spacial score (nSPS) is 21.7. The Morgan fingerprint density at radius 1 is 1.40 bits per heavy atom. The monoisotopic (exact) mass is 138 g/mol. The summed E-state index contributed by atoms with van der Waals surface area (Å²) >= 11 is 0. The van der Waals surface area contributed by atoms with E-state index in [4.69, 9.17) is 5.73 Å². The molecule has 0 radical (unpaired) electrons. The molecule has 0 bridgehead atoms. The number of rotatable bonds is 0. The first-order chi connectivity index (χ1) is 4.83. The van der Waals surface area contributed by atoms with Crippen molar-refractivity contribution in [2.45, 2.75) is 12.8 Å². The molecule has 10 heavy (non-hydrogen) atoms. The van der Waals surface area contributed by atoms with Gasteiger partial charge in [0.25, 0.3) is 0 Å². The van der Waals surface area contributed by atoms with Gasteiger partial charge in [-0.3, -0.25) is 0 Å². The SMILES string of the molecule is CN1CCC(C#CN)CC1. The van der Waals surface area contributed by atoms with E-state index < -0.39 is 0 Å². The van der Waals surface area contributed by atoms with Gasteiger partial charge in [-0.15, -0.1) is 0 Å². The average Bonchev–Trinajstić information content (AvgIpc) is 1.95. The third-order valence-electron chi connectivity index (χ3n) is 2.01. The van der Waals surface area contributed by atoms with Gasteiger partial charge in [0.1, 0.15) is 0 Å². The Labute approximate surface area is 62.4 Å². The fourth-order valence-corrected chi connectivity index (χ4v) is 1.27.